The van der Waals surface area contributed by atoms with Gasteiger partial charge in [0.2, 0.25) is 5.91 Å². The number of nitrogens with one attached hydrogen (secondary N) is 1. The van der Waals surface area contributed by atoms with Gasteiger partial charge in [0.1, 0.15) is 18.5 Å². The van der Waals surface area contributed by atoms with Gasteiger partial charge in [-0.3, -0.25) is 9.59 Å². The maximum Gasteiger partial charge on any atom is 0.255 e. The van der Waals surface area contributed by atoms with Crippen molar-refractivity contribution in [2.24, 2.45) is 5.92 Å². The predicted octanol–water partition coefficient (Wildman–Crippen LogP) is 3.40. The zero-order valence-electron chi connectivity index (χ0n) is 17.5. The second-order valence-electron chi connectivity index (χ2n) is 8.18. The summed E-state index contributed by atoms with van der Waals surface area (Å²) in [6.07, 6.45) is 9.19. The molecular formula is C23H34N2O4. The number of para-hydroxylation sites is 1. The third-order valence-electron chi connectivity index (χ3n) is 6.04. The quantitative estimate of drug-likeness (QED) is 0.643. The summed E-state index contributed by atoms with van der Waals surface area (Å²) in [5, 5.41) is 3.05. The summed E-state index contributed by atoms with van der Waals surface area (Å²) in [6.45, 7) is 2.14. The van der Waals surface area contributed by atoms with Crippen LogP contribution in [0.25, 0.3) is 0 Å². The Morgan fingerprint density at radius 2 is 1.83 bits per heavy atom. The first kappa shape index (κ1) is 21.6. The Morgan fingerprint density at radius 1 is 1.10 bits per heavy atom. The molecule has 1 heterocycles. The van der Waals surface area contributed by atoms with Crippen molar-refractivity contribution in [3.8, 4) is 5.75 Å². The van der Waals surface area contributed by atoms with Gasteiger partial charge in [0.25, 0.3) is 5.91 Å². The smallest absolute Gasteiger partial charge is 0.255 e. The van der Waals surface area contributed by atoms with Crippen LogP contribution in [0.5, 0.6) is 5.75 Å². The van der Waals surface area contributed by atoms with Crippen molar-refractivity contribution in [1.82, 2.24) is 10.2 Å². The van der Waals surface area contributed by atoms with Gasteiger partial charge in [-0.15, -0.1) is 0 Å². The van der Waals surface area contributed by atoms with E-state index < -0.39 is 0 Å². The highest BCUT2D eigenvalue weighted by atomic mass is 16.5. The van der Waals surface area contributed by atoms with Gasteiger partial charge >= 0.3 is 0 Å². The van der Waals surface area contributed by atoms with E-state index >= 15 is 0 Å². The third kappa shape index (κ3) is 6.46. The molecule has 1 saturated carbocycles. The maximum atomic E-state index is 12.7. The van der Waals surface area contributed by atoms with Crippen LogP contribution in [0.1, 0.15) is 61.7 Å². The first-order chi connectivity index (χ1) is 14.2. The number of nitrogens with zero attached hydrogens (tertiary/aromatic N) is 1. The minimum Gasteiger partial charge on any atom is -0.489 e. The highest BCUT2D eigenvalue weighted by Crippen LogP contribution is 2.28. The van der Waals surface area contributed by atoms with E-state index in [9.17, 15) is 9.59 Å². The molecule has 0 unspecified atom stereocenters. The van der Waals surface area contributed by atoms with Crippen LogP contribution in [0.3, 0.4) is 0 Å². The van der Waals surface area contributed by atoms with Crippen molar-refractivity contribution in [3.05, 3.63) is 29.8 Å². The van der Waals surface area contributed by atoms with Crippen LogP contribution in [0.15, 0.2) is 24.3 Å². The molecule has 6 nitrogen and oxygen atoms in total. The summed E-state index contributed by atoms with van der Waals surface area (Å²) in [4.78, 5) is 26.4. The minimum absolute atomic E-state index is 0.0120. The molecule has 2 fully saturated rings. The number of hydrogen-bond donors (Lipinski definition) is 1. The van der Waals surface area contributed by atoms with Gasteiger partial charge in [-0.1, -0.05) is 37.8 Å². The monoisotopic (exact) mass is 402 g/mol. The Kier molecular flexibility index (Phi) is 8.35. The van der Waals surface area contributed by atoms with Crippen LogP contribution in [0, 0.1) is 5.92 Å². The predicted molar refractivity (Wildman–Crippen MR) is 112 cm³/mol. The van der Waals surface area contributed by atoms with Gasteiger partial charge in [-0.05, 0) is 30.9 Å². The molecule has 1 N–H and O–H groups in total. The van der Waals surface area contributed by atoms with E-state index in [0.717, 1.165) is 25.2 Å². The van der Waals surface area contributed by atoms with E-state index in [4.69, 9.17) is 9.47 Å². The molecule has 0 bridgehead atoms. The third-order valence-corrected chi connectivity index (χ3v) is 6.04. The molecule has 1 saturated heterocycles. The fourth-order valence-corrected chi connectivity index (χ4v) is 4.36. The highest BCUT2D eigenvalue weighted by molar-refractivity contribution is 5.96. The SMILES string of the molecule is COCC(=O)N1CCC(Oc2ccccc2C(=O)NCCCC2CCCC2)CC1. The maximum absolute atomic E-state index is 12.7. The molecule has 6 heteroatoms. The second-order valence-corrected chi connectivity index (χ2v) is 8.18. The molecule has 0 aromatic heterocycles. The highest BCUT2D eigenvalue weighted by Gasteiger charge is 2.25. The number of ether oxygens (including phenoxy) is 2. The first-order valence-corrected chi connectivity index (χ1v) is 11.0. The number of rotatable bonds is 9. The number of likely N-dealkylation sites (tertiary alicyclic amines) is 1. The van der Waals surface area contributed by atoms with E-state index in [1.807, 2.05) is 29.2 Å². The average molecular weight is 403 g/mol. The molecule has 29 heavy (non-hydrogen) atoms. The van der Waals surface area contributed by atoms with Crippen molar-refractivity contribution < 1.29 is 19.1 Å². The molecule has 1 aromatic rings. The molecular weight excluding hydrogens is 368 g/mol. The standard InChI is InChI=1S/C23H34N2O4/c1-28-17-22(26)25-15-12-19(13-16-25)29-21-11-5-4-10-20(21)23(27)24-14-6-9-18-7-2-3-8-18/h4-5,10-11,18-19H,2-3,6-9,12-17H2,1H3,(H,24,27). The number of amides is 2. The van der Waals surface area contributed by atoms with Crippen LogP contribution in [0.2, 0.25) is 0 Å². The molecule has 1 aliphatic heterocycles. The Morgan fingerprint density at radius 3 is 2.55 bits per heavy atom. The lowest BCUT2D eigenvalue weighted by Crippen LogP contribution is -2.43. The second kappa shape index (κ2) is 11.2. The topological polar surface area (TPSA) is 67.9 Å². The summed E-state index contributed by atoms with van der Waals surface area (Å²) in [7, 11) is 1.53. The molecule has 0 atom stereocenters. The van der Waals surface area contributed by atoms with Gasteiger partial charge in [-0.25, -0.2) is 0 Å². The van der Waals surface area contributed by atoms with Gasteiger partial charge in [0.05, 0.1) is 5.56 Å². The Bertz CT molecular complexity index is 665. The molecule has 2 aliphatic rings. The van der Waals surface area contributed by atoms with Gasteiger partial charge in [0.15, 0.2) is 0 Å². The van der Waals surface area contributed by atoms with Crippen LogP contribution in [-0.2, 0) is 9.53 Å². The summed E-state index contributed by atoms with van der Waals surface area (Å²) >= 11 is 0. The lowest BCUT2D eigenvalue weighted by Gasteiger charge is -2.32. The van der Waals surface area contributed by atoms with Crippen LogP contribution >= 0.6 is 0 Å². The van der Waals surface area contributed by atoms with E-state index in [2.05, 4.69) is 5.32 Å². The number of benzene rings is 1. The zero-order chi connectivity index (χ0) is 20.5. The summed E-state index contributed by atoms with van der Waals surface area (Å²) in [5.74, 6) is 1.43. The van der Waals surface area contributed by atoms with Gasteiger partial charge < -0.3 is 19.7 Å². The number of methoxy groups -OCH3 is 1. The van der Waals surface area contributed by atoms with Crippen molar-refractivity contribution in [3.63, 3.8) is 0 Å². The fraction of sp³-hybridized carbons (Fsp3) is 0.652. The molecule has 160 valence electrons. The summed E-state index contributed by atoms with van der Waals surface area (Å²) in [6, 6.07) is 7.44. The van der Waals surface area contributed by atoms with Crippen molar-refractivity contribution >= 4 is 11.8 Å². The number of hydrogen-bond acceptors (Lipinski definition) is 4. The normalized spacial score (nSPS) is 18.0. The molecule has 3 rings (SSSR count). The molecule has 1 aromatic carbocycles. The lowest BCUT2D eigenvalue weighted by atomic mass is 10.0. The molecule has 2 amide bonds. The van der Waals surface area contributed by atoms with E-state index in [1.165, 1.54) is 39.2 Å². The van der Waals surface area contributed by atoms with Crippen LogP contribution in [-0.4, -0.2) is 56.2 Å². The minimum atomic E-state index is -0.0697. The van der Waals surface area contributed by atoms with Crippen molar-refractivity contribution in [1.29, 1.82) is 0 Å². The van der Waals surface area contributed by atoms with E-state index in [0.29, 0.717) is 30.9 Å². The fourth-order valence-electron chi connectivity index (χ4n) is 4.36. The van der Waals surface area contributed by atoms with Crippen LogP contribution < -0.4 is 10.1 Å². The number of carbonyl (C=O) groups is 2. The average Bonchev–Trinajstić information content (AvgIpc) is 3.26. The first-order valence-electron chi connectivity index (χ1n) is 11.0. The van der Waals surface area contributed by atoms with E-state index in [1.54, 1.807) is 0 Å². The van der Waals surface area contributed by atoms with Crippen molar-refractivity contribution in [2.45, 2.75) is 57.5 Å². The van der Waals surface area contributed by atoms with Gasteiger partial charge in [-0.2, -0.15) is 0 Å². The van der Waals surface area contributed by atoms with E-state index in [-0.39, 0.29) is 24.5 Å². The largest absolute Gasteiger partial charge is 0.489 e. The summed E-state index contributed by atoms with van der Waals surface area (Å²) < 4.78 is 11.1. The molecule has 1 aliphatic carbocycles. The van der Waals surface area contributed by atoms with Crippen LogP contribution in [0.4, 0.5) is 0 Å². The zero-order valence-corrected chi connectivity index (χ0v) is 17.5. The Labute approximate surface area is 173 Å². The number of piperidine rings is 1. The lowest BCUT2D eigenvalue weighted by molar-refractivity contribution is -0.136. The number of carbonyl (C=O) groups excluding carboxylic acids is 2. The Hall–Kier alpha value is -2.08. The summed E-state index contributed by atoms with van der Waals surface area (Å²) in [5.41, 5.74) is 0.589. The molecule has 0 spiro atoms. The van der Waals surface area contributed by atoms with Crippen molar-refractivity contribution in [2.75, 3.05) is 33.4 Å². The molecule has 0 radical (unpaired) electrons. The Balaban J connectivity index is 1.46. The van der Waals surface area contributed by atoms with Gasteiger partial charge in [0, 0.05) is 39.6 Å².